The fraction of sp³-hybridized carbons (Fsp3) is 0.700. The zero-order valence-electron chi connectivity index (χ0n) is 15.9. The summed E-state index contributed by atoms with van der Waals surface area (Å²) in [7, 11) is 0. The van der Waals surface area contributed by atoms with Crippen LogP contribution in [0, 0.1) is 0 Å². The zero-order valence-corrected chi connectivity index (χ0v) is 15.9. The number of aromatic nitrogens is 1. The molecule has 27 heavy (non-hydrogen) atoms. The predicted molar refractivity (Wildman–Crippen MR) is 98.5 cm³/mol. The number of nitrogens with one attached hydrogen (secondary N) is 1. The van der Waals surface area contributed by atoms with E-state index in [2.05, 4.69) is 21.7 Å². The topological polar surface area (TPSA) is 77.9 Å². The van der Waals surface area contributed by atoms with Crippen molar-refractivity contribution < 1.29 is 14.7 Å². The van der Waals surface area contributed by atoms with Gasteiger partial charge in [-0.15, -0.1) is 0 Å². The van der Waals surface area contributed by atoms with Crippen LogP contribution in [0.3, 0.4) is 0 Å². The maximum absolute atomic E-state index is 11.7. The second-order valence-electron chi connectivity index (χ2n) is 8.70. The van der Waals surface area contributed by atoms with Gasteiger partial charge >= 0.3 is 0 Å². The van der Waals surface area contributed by atoms with Gasteiger partial charge < -0.3 is 4.74 Å². The molecule has 3 aliphatic heterocycles. The third-order valence-corrected chi connectivity index (χ3v) is 6.85. The SMILES string of the molecule is CC[C@H]1Cc2ncc(C(=O)NO)cc2CN1C[C@]12C[C@H](CO1)N(C1CC1)C2. The van der Waals surface area contributed by atoms with E-state index in [-0.39, 0.29) is 5.60 Å². The van der Waals surface area contributed by atoms with Crippen LogP contribution in [-0.2, 0) is 17.7 Å². The van der Waals surface area contributed by atoms with Crippen LogP contribution in [0.1, 0.15) is 54.2 Å². The number of likely N-dealkylation sites (tertiary alicyclic amines) is 1. The average Bonchev–Trinajstić information content (AvgIpc) is 3.38. The Hall–Kier alpha value is -1.54. The van der Waals surface area contributed by atoms with Gasteiger partial charge in [0.1, 0.15) is 0 Å². The van der Waals surface area contributed by atoms with Crippen LogP contribution < -0.4 is 5.48 Å². The lowest BCUT2D eigenvalue weighted by molar-refractivity contribution is -0.0726. The van der Waals surface area contributed by atoms with E-state index in [4.69, 9.17) is 9.94 Å². The van der Waals surface area contributed by atoms with E-state index in [1.807, 2.05) is 6.07 Å². The number of morpholine rings is 1. The Morgan fingerprint density at radius 3 is 3.04 bits per heavy atom. The molecule has 1 aromatic rings. The summed E-state index contributed by atoms with van der Waals surface area (Å²) in [5.74, 6) is -0.508. The number of carbonyl (C=O) groups is 1. The molecule has 4 heterocycles. The molecule has 1 aromatic heterocycles. The van der Waals surface area contributed by atoms with Gasteiger partial charge in [0.15, 0.2) is 0 Å². The molecule has 2 bridgehead atoms. The van der Waals surface area contributed by atoms with E-state index in [1.54, 1.807) is 11.7 Å². The minimum atomic E-state index is -0.508. The normalized spacial score (nSPS) is 33.3. The molecule has 1 aliphatic carbocycles. The summed E-state index contributed by atoms with van der Waals surface area (Å²) in [6.07, 6.45) is 7.38. The first-order valence-corrected chi connectivity index (χ1v) is 10.2. The van der Waals surface area contributed by atoms with Crippen LogP contribution in [0.4, 0.5) is 0 Å². The summed E-state index contributed by atoms with van der Waals surface area (Å²) in [6.45, 7) is 5.90. The monoisotopic (exact) mass is 372 g/mol. The Labute approximate surface area is 159 Å². The molecule has 3 fully saturated rings. The molecule has 0 spiro atoms. The van der Waals surface area contributed by atoms with Crippen LogP contribution in [0.15, 0.2) is 12.3 Å². The van der Waals surface area contributed by atoms with Gasteiger partial charge in [-0.05, 0) is 37.3 Å². The molecule has 2 N–H and O–H groups in total. The molecule has 0 aromatic carbocycles. The molecule has 0 radical (unpaired) electrons. The predicted octanol–water partition coefficient (Wildman–Crippen LogP) is 1.34. The fourth-order valence-electron chi connectivity index (χ4n) is 5.30. The largest absolute Gasteiger partial charge is 0.371 e. The van der Waals surface area contributed by atoms with Gasteiger partial charge in [0.25, 0.3) is 5.91 Å². The number of hydrogen-bond donors (Lipinski definition) is 2. The first-order chi connectivity index (χ1) is 13.1. The molecule has 1 amide bonds. The minimum absolute atomic E-state index is 0.0360. The second kappa shape index (κ2) is 6.51. The van der Waals surface area contributed by atoms with Crippen LogP contribution in [-0.4, -0.2) is 69.3 Å². The highest BCUT2D eigenvalue weighted by Crippen LogP contribution is 2.44. The number of fused-ring (bicyclic) bond motifs is 3. The molecule has 5 rings (SSSR count). The average molecular weight is 372 g/mol. The standard InChI is InChI=1S/C20H28N4O3/c1-2-15-6-18-14(5-13(8-21-18)19(25)22-26)9-23(15)11-20-7-17(10-27-20)24(12-20)16-3-4-16/h5,8,15-17,26H,2-4,6-7,9-12H2,1H3,(H,22,25)/t15-,17+,20-/m0/s1. The third-order valence-electron chi connectivity index (χ3n) is 6.85. The number of hydroxylamine groups is 1. The first-order valence-electron chi connectivity index (χ1n) is 10.2. The Morgan fingerprint density at radius 2 is 2.30 bits per heavy atom. The van der Waals surface area contributed by atoms with E-state index >= 15 is 0 Å². The molecule has 0 unspecified atom stereocenters. The van der Waals surface area contributed by atoms with E-state index in [1.165, 1.54) is 12.8 Å². The maximum atomic E-state index is 11.7. The summed E-state index contributed by atoms with van der Waals surface area (Å²) in [5, 5.41) is 8.90. The Morgan fingerprint density at radius 1 is 1.44 bits per heavy atom. The van der Waals surface area contributed by atoms with Crippen molar-refractivity contribution >= 4 is 5.91 Å². The highest BCUT2D eigenvalue weighted by molar-refractivity contribution is 5.93. The molecule has 3 atom stereocenters. The van der Waals surface area contributed by atoms with Crippen molar-refractivity contribution in [3.8, 4) is 0 Å². The first kappa shape index (κ1) is 17.6. The van der Waals surface area contributed by atoms with E-state index in [0.29, 0.717) is 17.6 Å². The highest BCUT2D eigenvalue weighted by Gasteiger charge is 2.55. The summed E-state index contributed by atoms with van der Waals surface area (Å²) >= 11 is 0. The number of hydrogen-bond acceptors (Lipinski definition) is 6. The van der Waals surface area contributed by atoms with Crippen molar-refractivity contribution in [1.82, 2.24) is 20.3 Å². The van der Waals surface area contributed by atoms with Gasteiger partial charge in [-0.1, -0.05) is 6.92 Å². The number of pyridine rings is 1. The number of rotatable bonds is 5. The lowest BCUT2D eigenvalue weighted by Gasteiger charge is -2.42. The van der Waals surface area contributed by atoms with Gasteiger partial charge in [0.05, 0.1) is 17.8 Å². The van der Waals surface area contributed by atoms with Crippen molar-refractivity contribution in [3.63, 3.8) is 0 Å². The lowest BCUT2D eigenvalue weighted by atomic mass is 9.93. The number of carbonyl (C=O) groups excluding carboxylic acids is 1. The van der Waals surface area contributed by atoms with E-state index in [0.717, 1.165) is 62.8 Å². The zero-order chi connectivity index (χ0) is 18.6. The van der Waals surface area contributed by atoms with E-state index < -0.39 is 5.91 Å². The van der Waals surface area contributed by atoms with Crippen LogP contribution >= 0.6 is 0 Å². The molecular weight excluding hydrogens is 344 g/mol. The highest BCUT2D eigenvalue weighted by atomic mass is 16.5. The van der Waals surface area contributed by atoms with Crippen molar-refractivity contribution in [2.75, 3.05) is 19.7 Å². The summed E-state index contributed by atoms with van der Waals surface area (Å²) in [6, 6.07) is 3.73. The van der Waals surface area contributed by atoms with Crippen LogP contribution in [0.5, 0.6) is 0 Å². The van der Waals surface area contributed by atoms with Gasteiger partial charge in [-0.25, -0.2) is 5.48 Å². The molecule has 4 aliphatic rings. The van der Waals surface area contributed by atoms with Crippen molar-refractivity contribution in [3.05, 3.63) is 29.1 Å². The number of ether oxygens (including phenoxy) is 1. The molecule has 1 saturated carbocycles. The summed E-state index contributed by atoms with van der Waals surface area (Å²) < 4.78 is 6.31. The van der Waals surface area contributed by atoms with Gasteiger partial charge in [-0.2, -0.15) is 0 Å². The minimum Gasteiger partial charge on any atom is -0.371 e. The van der Waals surface area contributed by atoms with Crippen LogP contribution in [0.2, 0.25) is 0 Å². The molecule has 7 nitrogen and oxygen atoms in total. The molecule has 146 valence electrons. The van der Waals surface area contributed by atoms with Crippen molar-refractivity contribution in [2.45, 2.75) is 69.3 Å². The summed E-state index contributed by atoms with van der Waals surface area (Å²) in [4.78, 5) is 21.5. The van der Waals surface area contributed by atoms with Crippen molar-refractivity contribution in [2.24, 2.45) is 0 Å². The second-order valence-corrected chi connectivity index (χ2v) is 8.70. The molecular formula is C20H28N4O3. The molecule has 7 heteroatoms. The third kappa shape index (κ3) is 3.06. The van der Waals surface area contributed by atoms with Gasteiger partial charge in [0, 0.05) is 56.1 Å². The Kier molecular flexibility index (Phi) is 4.23. The fourth-order valence-corrected chi connectivity index (χ4v) is 5.30. The Bertz CT molecular complexity index is 753. The number of nitrogens with zero attached hydrogens (tertiary/aromatic N) is 3. The quantitative estimate of drug-likeness (QED) is 0.600. The lowest BCUT2D eigenvalue weighted by Crippen LogP contribution is -2.53. The van der Waals surface area contributed by atoms with Crippen molar-refractivity contribution in [1.29, 1.82) is 0 Å². The van der Waals surface area contributed by atoms with Gasteiger partial charge in [-0.3, -0.25) is 24.8 Å². The number of amides is 1. The smallest absolute Gasteiger partial charge is 0.276 e. The Balaban J connectivity index is 1.36. The maximum Gasteiger partial charge on any atom is 0.276 e. The summed E-state index contributed by atoms with van der Waals surface area (Å²) in [5.41, 5.74) is 4.23. The molecule has 2 saturated heterocycles. The van der Waals surface area contributed by atoms with Gasteiger partial charge in [0.2, 0.25) is 0 Å². The van der Waals surface area contributed by atoms with Crippen LogP contribution in [0.25, 0.3) is 0 Å². The van der Waals surface area contributed by atoms with E-state index in [9.17, 15) is 4.79 Å².